The predicted molar refractivity (Wildman–Crippen MR) is 141 cm³/mol. The highest BCUT2D eigenvalue weighted by Gasteiger charge is 2.23. The fraction of sp³-hybridized carbons (Fsp3) is 0.276. The van der Waals surface area contributed by atoms with Crippen molar-refractivity contribution in [3.63, 3.8) is 0 Å². The number of fused-ring (bicyclic) bond motifs is 1. The van der Waals surface area contributed by atoms with E-state index in [2.05, 4.69) is 46.4 Å². The lowest BCUT2D eigenvalue weighted by atomic mass is 9.97. The molecule has 0 saturated carbocycles. The first-order valence-corrected chi connectivity index (χ1v) is 12.2. The molecule has 5 rings (SSSR count). The average Bonchev–Trinajstić information content (AvgIpc) is 3.24. The van der Waals surface area contributed by atoms with E-state index in [4.69, 9.17) is 15.7 Å². The van der Waals surface area contributed by atoms with Gasteiger partial charge < -0.3 is 19.9 Å². The van der Waals surface area contributed by atoms with Crippen LogP contribution in [0.15, 0.2) is 60.9 Å². The lowest BCUT2D eigenvalue weighted by Gasteiger charge is -2.24. The number of nitrogens with zero attached hydrogens (tertiary/aromatic N) is 5. The highest BCUT2D eigenvalue weighted by molar-refractivity contribution is 6.03. The van der Waals surface area contributed by atoms with E-state index in [0.29, 0.717) is 5.82 Å². The van der Waals surface area contributed by atoms with Gasteiger partial charge in [0.05, 0.1) is 5.39 Å². The van der Waals surface area contributed by atoms with E-state index in [-0.39, 0.29) is 12.0 Å². The van der Waals surface area contributed by atoms with Crippen LogP contribution in [0.5, 0.6) is 11.5 Å². The summed E-state index contributed by atoms with van der Waals surface area (Å²) in [6.07, 6.45) is 5.50. The standard InChI is InChI=1S/C29H28N6O/c1-20(2)35-25(13-8-21-14-16-34(18-30)17-15-21)26(27-28(31)32-19-33-29(27)35)22-9-11-24(12-10-22)36-23-6-4-3-5-7-23/h3-7,9-12,19-21H,14-17H2,1-2H3,(H2,31,32,33). The van der Waals surface area contributed by atoms with Gasteiger partial charge in [-0.05, 0) is 62.4 Å². The number of hydrogen-bond donors (Lipinski definition) is 1. The maximum Gasteiger partial charge on any atom is 0.179 e. The topological polar surface area (TPSA) is 93.0 Å². The average molecular weight is 477 g/mol. The maximum absolute atomic E-state index is 9.16. The number of para-hydroxylation sites is 1. The fourth-order valence-corrected chi connectivity index (χ4v) is 4.67. The molecule has 0 unspecified atom stereocenters. The Hall–Kier alpha value is -4.49. The number of rotatable bonds is 4. The Kier molecular flexibility index (Phi) is 6.47. The van der Waals surface area contributed by atoms with Gasteiger partial charge in [-0.2, -0.15) is 5.26 Å². The molecule has 0 radical (unpaired) electrons. The van der Waals surface area contributed by atoms with Gasteiger partial charge >= 0.3 is 0 Å². The second kappa shape index (κ2) is 10.0. The van der Waals surface area contributed by atoms with Crippen molar-refractivity contribution in [2.75, 3.05) is 18.8 Å². The smallest absolute Gasteiger partial charge is 0.179 e. The molecule has 0 spiro atoms. The van der Waals surface area contributed by atoms with Crippen molar-refractivity contribution in [2.24, 2.45) is 5.92 Å². The van der Waals surface area contributed by atoms with E-state index >= 15 is 0 Å². The van der Waals surface area contributed by atoms with Crippen LogP contribution in [-0.2, 0) is 0 Å². The Labute approximate surface area is 211 Å². The summed E-state index contributed by atoms with van der Waals surface area (Å²) in [5, 5.41) is 9.97. The number of hydrogen-bond acceptors (Lipinski definition) is 6. The molecule has 1 fully saturated rings. The van der Waals surface area contributed by atoms with E-state index < -0.39 is 0 Å². The van der Waals surface area contributed by atoms with Crippen molar-refractivity contribution in [1.82, 2.24) is 19.4 Å². The van der Waals surface area contributed by atoms with E-state index in [1.165, 1.54) is 6.33 Å². The molecule has 3 heterocycles. The number of benzene rings is 2. The summed E-state index contributed by atoms with van der Waals surface area (Å²) in [7, 11) is 0. The molecule has 2 aromatic heterocycles. The van der Waals surface area contributed by atoms with Crippen molar-refractivity contribution in [1.29, 1.82) is 5.26 Å². The molecule has 0 atom stereocenters. The number of ether oxygens (including phenoxy) is 1. The van der Waals surface area contributed by atoms with Gasteiger partial charge in [-0.1, -0.05) is 36.3 Å². The molecule has 2 N–H and O–H groups in total. The zero-order valence-corrected chi connectivity index (χ0v) is 20.5. The van der Waals surface area contributed by atoms with Crippen molar-refractivity contribution in [2.45, 2.75) is 32.7 Å². The third-order valence-electron chi connectivity index (χ3n) is 6.48. The summed E-state index contributed by atoms with van der Waals surface area (Å²) in [6.45, 7) is 5.73. The molecule has 1 saturated heterocycles. The molecule has 4 aromatic rings. The van der Waals surface area contributed by atoms with Crippen LogP contribution in [0.2, 0.25) is 0 Å². The van der Waals surface area contributed by atoms with Crippen LogP contribution >= 0.6 is 0 Å². The van der Waals surface area contributed by atoms with Crippen LogP contribution in [0, 0.1) is 29.2 Å². The molecule has 180 valence electrons. The maximum atomic E-state index is 9.16. The Morgan fingerprint density at radius 1 is 1.00 bits per heavy atom. The third kappa shape index (κ3) is 4.56. The zero-order valence-electron chi connectivity index (χ0n) is 20.5. The van der Waals surface area contributed by atoms with Crippen LogP contribution in [0.3, 0.4) is 0 Å². The number of aromatic nitrogens is 3. The zero-order chi connectivity index (χ0) is 25.1. The van der Waals surface area contributed by atoms with Crippen LogP contribution in [-0.4, -0.2) is 32.5 Å². The largest absolute Gasteiger partial charge is 0.457 e. The van der Waals surface area contributed by atoms with Crippen LogP contribution in [0.1, 0.15) is 38.4 Å². The van der Waals surface area contributed by atoms with Gasteiger partial charge in [0, 0.05) is 30.6 Å². The Morgan fingerprint density at radius 3 is 2.36 bits per heavy atom. The van der Waals surface area contributed by atoms with Crippen molar-refractivity contribution in [3.8, 4) is 40.7 Å². The summed E-state index contributed by atoms with van der Waals surface area (Å²) in [6, 6.07) is 17.8. The number of nitrogens with two attached hydrogens (primary N) is 1. The molecular formula is C29H28N6O. The highest BCUT2D eigenvalue weighted by Crippen LogP contribution is 2.39. The minimum Gasteiger partial charge on any atom is -0.457 e. The van der Waals surface area contributed by atoms with Crippen LogP contribution < -0.4 is 10.5 Å². The van der Waals surface area contributed by atoms with Crippen LogP contribution in [0.4, 0.5) is 5.82 Å². The summed E-state index contributed by atoms with van der Waals surface area (Å²) in [4.78, 5) is 10.7. The van der Waals surface area contributed by atoms with E-state index in [1.807, 2.05) is 54.6 Å². The summed E-state index contributed by atoms with van der Waals surface area (Å²) >= 11 is 0. The molecule has 0 amide bonds. The highest BCUT2D eigenvalue weighted by atomic mass is 16.5. The number of likely N-dealkylation sites (tertiary alicyclic amines) is 1. The number of anilines is 1. The van der Waals surface area contributed by atoms with Crippen molar-refractivity contribution < 1.29 is 4.74 Å². The van der Waals surface area contributed by atoms with Gasteiger partial charge in [-0.3, -0.25) is 0 Å². The second-order valence-electron chi connectivity index (χ2n) is 9.22. The Bertz CT molecular complexity index is 1460. The monoisotopic (exact) mass is 476 g/mol. The van der Waals surface area contributed by atoms with E-state index in [9.17, 15) is 0 Å². The molecule has 0 bridgehead atoms. The van der Waals surface area contributed by atoms with E-state index in [1.54, 1.807) is 4.90 Å². The second-order valence-corrected chi connectivity index (χ2v) is 9.22. The summed E-state index contributed by atoms with van der Waals surface area (Å²) < 4.78 is 8.14. The summed E-state index contributed by atoms with van der Waals surface area (Å²) in [5.74, 6) is 9.19. The minimum atomic E-state index is 0.126. The van der Waals surface area contributed by atoms with Gasteiger partial charge in [0.1, 0.15) is 35.0 Å². The molecule has 1 aliphatic rings. The SMILES string of the molecule is CC(C)n1c(C#CC2CCN(C#N)CC2)c(-c2ccc(Oc3ccccc3)cc2)c2c(N)ncnc21. The first-order chi connectivity index (χ1) is 17.5. The van der Waals surface area contributed by atoms with Crippen LogP contribution in [0.25, 0.3) is 22.2 Å². The molecule has 2 aromatic carbocycles. The third-order valence-corrected chi connectivity index (χ3v) is 6.48. The first kappa shape index (κ1) is 23.3. The normalized spacial score (nSPS) is 13.9. The number of nitrogen functional groups attached to an aromatic ring is 1. The summed E-state index contributed by atoms with van der Waals surface area (Å²) in [5.41, 5.74) is 9.98. The molecule has 7 heteroatoms. The van der Waals surface area contributed by atoms with E-state index in [0.717, 1.165) is 65.3 Å². The van der Waals surface area contributed by atoms with Crippen molar-refractivity contribution >= 4 is 16.9 Å². The van der Waals surface area contributed by atoms with Gasteiger partial charge in [0.15, 0.2) is 6.19 Å². The Morgan fingerprint density at radius 2 is 1.69 bits per heavy atom. The van der Waals surface area contributed by atoms with Gasteiger partial charge in [-0.15, -0.1) is 0 Å². The van der Waals surface area contributed by atoms with Gasteiger partial charge in [0.25, 0.3) is 0 Å². The lowest BCUT2D eigenvalue weighted by Crippen LogP contribution is -2.29. The lowest BCUT2D eigenvalue weighted by molar-refractivity contribution is 0.287. The number of piperidine rings is 1. The minimum absolute atomic E-state index is 0.126. The van der Waals surface area contributed by atoms with Gasteiger partial charge in [0.2, 0.25) is 0 Å². The fourth-order valence-electron chi connectivity index (χ4n) is 4.67. The molecule has 36 heavy (non-hydrogen) atoms. The van der Waals surface area contributed by atoms with Crippen molar-refractivity contribution in [3.05, 3.63) is 66.6 Å². The van der Waals surface area contributed by atoms with Gasteiger partial charge in [-0.25, -0.2) is 9.97 Å². The molecule has 0 aliphatic carbocycles. The Balaban J connectivity index is 1.59. The quantitative estimate of drug-likeness (QED) is 0.304. The molecular weight excluding hydrogens is 448 g/mol. The molecule has 7 nitrogen and oxygen atoms in total. The first-order valence-electron chi connectivity index (χ1n) is 12.2. The molecule has 1 aliphatic heterocycles. The number of nitriles is 1. The predicted octanol–water partition coefficient (Wildman–Crippen LogP) is 5.60.